The van der Waals surface area contributed by atoms with Crippen molar-refractivity contribution in [3.63, 3.8) is 0 Å². The molecule has 140 valence electrons. The molecule has 0 saturated carbocycles. The highest BCUT2D eigenvalue weighted by molar-refractivity contribution is 5.73. The lowest BCUT2D eigenvalue weighted by Gasteiger charge is -2.18. The summed E-state index contributed by atoms with van der Waals surface area (Å²) in [6.07, 6.45) is -3.92. The van der Waals surface area contributed by atoms with Gasteiger partial charge in [-0.15, -0.1) is 0 Å². The topological polar surface area (TPSA) is 35.5 Å². The summed E-state index contributed by atoms with van der Waals surface area (Å²) in [5.74, 6) is -0.0859. The van der Waals surface area contributed by atoms with E-state index in [1.165, 1.54) is 19.2 Å². The predicted molar refractivity (Wildman–Crippen MR) is 92.1 cm³/mol. The number of carbonyl (C=O) groups excluding carboxylic acids is 1. The second-order valence-electron chi connectivity index (χ2n) is 5.94. The molecule has 0 aromatic heterocycles. The molecule has 0 N–H and O–H groups in total. The van der Waals surface area contributed by atoms with Crippen molar-refractivity contribution in [3.05, 3.63) is 64.2 Å². The summed E-state index contributed by atoms with van der Waals surface area (Å²) in [4.78, 5) is 11.5. The summed E-state index contributed by atoms with van der Waals surface area (Å²) in [6.45, 7) is 3.59. The zero-order valence-electron chi connectivity index (χ0n) is 14.9. The van der Waals surface area contributed by atoms with Gasteiger partial charge in [0.1, 0.15) is 12.4 Å². The van der Waals surface area contributed by atoms with Gasteiger partial charge in [0.15, 0.2) is 0 Å². The molecule has 0 heterocycles. The molecule has 0 aliphatic carbocycles. The van der Waals surface area contributed by atoms with Gasteiger partial charge >= 0.3 is 12.1 Å². The van der Waals surface area contributed by atoms with Crippen molar-refractivity contribution < 1.29 is 27.4 Å². The molecule has 3 nitrogen and oxygen atoms in total. The van der Waals surface area contributed by atoms with Gasteiger partial charge in [-0.25, -0.2) is 0 Å². The average Bonchev–Trinajstić information content (AvgIpc) is 2.60. The van der Waals surface area contributed by atoms with Crippen LogP contribution < -0.4 is 4.74 Å². The summed E-state index contributed by atoms with van der Waals surface area (Å²) >= 11 is 0. The molecule has 0 spiro atoms. The minimum atomic E-state index is -4.54. The number of alkyl halides is 3. The third kappa shape index (κ3) is 4.77. The van der Waals surface area contributed by atoms with Crippen molar-refractivity contribution in [1.82, 2.24) is 0 Å². The third-order valence-corrected chi connectivity index (χ3v) is 4.16. The SMILES string of the molecule is CCc1ccc(OCc2c(CC(=O)OC)cccc2C(F)(F)F)c(C)c1. The monoisotopic (exact) mass is 366 g/mol. The maximum atomic E-state index is 13.4. The molecule has 0 fully saturated rings. The van der Waals surface area contributed by atoms with E-state index >= 15 is 0 Å². The number of benzene rings is 2. The Morgan fingerprint density at radius 3 is 2.46 bits per heavy atom. The Bertz CT molecular complexity index is 782. The van der Waals surface area contributed by atoms with Crippen LogP contribution >= 0.6 is 0 Å². The number of carbonyl (C=O) groups is 1. The van der Waals surface area contributed by atoms with E-state index in [0.29, 0.717) is 5.75 Å². The highest BCUT2D eigenvalue weighted by atomic mass is 19.4. The van der Waals surface area contributed by atoms with Crippen LogP contribution in [0.15, 0.2) is 36.4 Å². The molecule has 0 atom stereocenters. The van der Waals surface area contributed by atoms with Crippen molar-refractivity contribution in [2.45, 2.75) is 39.5 Å². The zero-order chi connectivity index (χ0) is 19.3. The van der Waals surface area contributed by atoms with Gasteiger partial charge in [-0.2, -0.15) is 13.2 Å². The fourth-order valence-corrected chi connectivity index (χ4v) is 2.71. The van der Waals surface area contributed by atoms with E-state index in [1.807, 2.05) is 26.0 Å². The Hall–Kier alpha value is -2.50. The van der Waals surface area contributed by atoms with Crippen molar-refractivity contribution in [2.75, 3.05) is 7.11 Å². The molecule has 6 heteroatoms. The second kappa shape index (κ2) is 8.25. The van der Waals surface area contributed by atoms with E-state index in [-0.39, 0.29) is 24.2 Å². The van der Waals surface area contributed by atoms with Crippen LogP contribution in [-0.4, -0.2) is 13.1 Å². The van der Waals surface area contributed by atoms with E-state index in [0.717, 1.165) is 23.6 Å². The van der Waals surface area contributed by atoms with Gasteiger partial charge in [0.05, 0.1) is 19.1 Å². The van der Waals surface area contributed by atoms with Crippen molar-refractivity contribution in [2.24, 2.45) is 0 Å². The number of ether oxygens (including phenoxy) is 2. The number of rotatable bonds is 6. The lowest BCUT2D eigenvalue weighted by atomic mass is 9.98. The van der Waals surface area contributed by atoms with Gasteiger partial charge in [0.25, 0.3) is 0 Å². The van der Waals surface area contributed by atoms with E-state index in [1.54, 1.807) is 6.07 Å². The first-order valence-corrected chi connectivity index (χ1v) is 8.23. The minimum Gasteiger partial charge on any atom is -0.489 e. The Balaban J connectivity index is 2.35. The van der Waals surface area contributed by atoms with Crippen LogP contribution in [0.2, 0.25) is 0 Å². The molecule has 0 bridgehead atoms. The fourth-order valence-electron chi connectivity index (χ4n) is 2.71. The smallest absolute Gasteiger partial charge is 0.416 e. The normalized spacial score (nSPS) is 11.3. The maximum Gasteiger partial charge on any atom is 0.416 e. The lowest BCUT2D eigenvalue weighted by Crippen LogP contribution is -2.16. The first-order valence-electron chi connectivity index (χ1n) is 8.23. The molecule has 0 aliphatic rings. The van der Waals surface area contributed by atoms with Crippen molar-refractivity contribution >= 4 is 5.97 Å². The van der Waals surface area contributed by atoms with Crippen molar-refractivity contribution in [3.8, 4) is 5.75 Å². The van der Waals surface area contributed by atoms with Crippen LogP contribution in [0.4, 0.5) is 13.2 Å². The second-order valence-corrected chi connectivity index (χ2v) is 5.94. The van der Waals surface area contributed by atoms with Crippen molar-refractivity contribution in [1.29, 1.82) is 0 Å². The number of methoxy groups -OCH3 is 1. The molecule has 0 aliphatic heterocycles. The molecule has 0 saturated heterocycles. The van der Waals surface area contributed by atoms with Crippen LogP contribution in [0.5, 0.6) is 5.75 Å². The largest absolute Gasteiger partial charge is 0.489 e. The summed E-state index contributed by atoms with van der Waals surface area (Å²) in [5, 5.41) is 0. The molecular weight excluding hydrogens is 345 g/mol. The Morgan fingerprint density at radius 1 is 1.15 bits per heavy atom. The van der Waals surface area contributed by atoms with Crippen LogP contribution in [0.3, 0.4) is 0 Å². The fraction of sp³-hybridized carbons (Fsp3) is 0.350. The van der Waals surface area contributed by atoms with Gasteiger partial charge in [0, 0.05) is 5.56 Å². The zero-order valence-corrected chi connectivity index (χ0v) is 14.9. The maximum absolute atomic E-state index is 13.4. The Labute approximate surface area is 150 Å². The quantitative estimate of drug-likeness (QED) is 0.684. The highest BCUT2D eigenvalue weighted by Crippen LogP contribution is 2.34. The summed E-state index contributed by atoms with van der Waals surface area (Å²) in [6, 6.07) is 9.34. The van der Waals surface area contributed by atoms with Crippen LogP contribution in [0, 0.1) is 6.92 Å². The van der Waals surface area contributed by atoms with Gasteiger partial charge < -0.3 is 9.47 Å². The molecule has 2 aromatic rings. The average molecular weight is 366 g/mol. The number of hydrogen-bond acceptors (Lipinski definition) is 3. The Kier molecular flexibility index (Phi) is 6.29. The van der Waals surface area contributed by atoms with E-state index in [9.17, 15) is 18.0 Å². The molecule has 0 amide bonds. The van der Waals surface area contributed by atoms with E-state index < -0.39 is 17.7 Å². The molecule has 0 unspecified atom stereocenters. The van der Waals surface area contributed by atoms with Gasteiger partial charge in [-0.3, -0.25) is 4.79 Å². The standard InChI is InChI=1S/C20H21F3O3/c1-4-14-8-9-18(13(2)10-14)26-12-16-15(11-19(24)25-3)6-5-7-17(16)20(21,22)23/h5-10H,4,11-12H2,1-3H3. The van der Waals surface area contributed by atoms with Crippen LogP contribution in [0.25, 0.3) is 0 Å². The lowest BCUT2D eigenvalue weighted by molar-refractivity contribution is -0.141. The summed E-state index contributed by atoms with van der Waals surface area (Å²) in [5.41, 5.74) is 1.36. The molecule has 0 radical (unpaired) electrons. The Morgan fingerprint density at radius 2 is 1.88 bits per heavy atom. The number of esters is 1. The summed E-state index contributed by atoms with van der Waals surface area (Å²) < 4.78 is 50.4. The molecule has 2 rings (SSSR count). The van der Waals surface area contributed by atoms with Gasteiger partial charge in [-0.1, -0.05) is 31.2 Å². The number of hydrogen-bond donors (Lipinski definition) is 0. The first kappa shape index (κ1) is 19.8. The van der Waals surface area contributed by atoms with Gasteiger partial charge in [-0.05, 0) is 42.2 Å². The van der Waals surface area contributed by atoms with E-state index in [2.05, 4.69) is 4.74 Å². The first-order chi connectivity index (χ1) is 12.3. The molecule has 26 heavy (non-hydrogen) atoms. The van der Waals surface area contributed by atoms with Gasteiger partial charge in [0.2, 0.25) is 0 Å². The molecular formula is C20H21F3O3. The predicted octanol–water partition coefficient (Wildman–Crippen LogP) is 4.87. The number of aryl methyl sites for hydroxylation is 2. The molecule has 2 aromatic carbocycles. The third-order valence-electron chi connectivity index (χ3n) is 4.16. The van der Waals surface area contributed by atoms with Crippen LogP contribution in [-0.2, 0) is 35.2 Å². The highest BCUT2D eigenvalue weighted by Gasteiger charge is 2.34. The number of halogens is 3. The summed E-state index contributed by atoms with van der Waals surface area (Å²) in [7, 11) is 1.20. The van der Waals surface area contributed by atoms with Crippen LogP contribution in [0.1, 0.15) is 34.7 Å². The minimum absolute atomic E-state index is 0.0515. The van der Waals surface area contributed by atoms with E-state index in [4.69, 9.17) is 4.74 Å².